The van der Waals surface area contributed by atoms with Gasteiger partial charge in [0.05, 0.1) is 17.1 Å². The molecule has 0 bridgehead atoms. The first kappa shape index (κ1) is 17.4. The highest BCUT2D eigenvalue weighted by molar-refractivity contribution is 7.15. The summed E-state index contributed by atoms with van der Waals surface area (Å²) in [6.07, 6.45) is -1.88. The summed E-state index contributed by atoms with van der Waals surface area (Å²) in [6.45, 7) is 4.20. The second kappa shape index (κ2) is 7.09. The maximum Gasteiger partial charge on any atom is 0.490 e. The predicted molar refractivity (Wildman–Crippen MR) is 78.3 cm³/mol. The maximum absolute atomic E-state index is 10.6. The fourth-order valence-electron chi connectivity index (χ4n) is 2.01. The average Bonchev–Trinajstić information content (AvgIpc) is 3.18. The molecule has 23 heavy (non-hydrogen) atoms. The smallest absolute Gasteiger partial charge is 0.475 e. The van der Waals surface area contributed by atoms with E-state index in [1.54, 1.807) is 11.3 Å². The van der Waals surface area contributed by atoms with Crippen LogP contribution < -0.4 is 5.32 Å². The van der Waals surface area contributed by atoms with Crippen LogP contribution in [-0.2, 0) is 4.79 Å². The van der Waals surface area contributed by atoms with Crippen molar-refractivity contribution < 1.29 is 23.1 Å². The van der Waals surface area contributed by atoms with Crippen molar-refractivity contribution in [2.45, 2.75) is 25.6 Å². The van der Waals surface area contributed by atoms with Crippen molar-refractivity contribution in [1.29, 1.82) is 0 Å². The number of rotatable bonds is 2. The average molecular weight is 348 g/mol. The standard InChI is InChI=1S/C11H14N4S.C2HF3O2/c1-8-2-3-11(16-8)10-7-15(14-13-10)9-4-5-12-6-9;3-2(4,5)1(6)7/h2-3,7,9,12H,4-6H2,1H3;(H,6,7). The Labute approximate surface area is 133 Å². The van der Waals surface area contributed by atoms with Crippen LogP contribution >= 0.6 is 11.3 Å². The zero-order valence-electron chi connectivity index (χ0n) is 12.2. The number of thiophene rings is 1. The molecule has 3 rings (SSSR count). The van der Waals surface area contributed by atoms with E-state index in [2.05, 4.69) is 40.9 Å². The molecule has 1 saturated heterocycles. The van der Waals surface area contributed by atoms with Gasteiger partial charge >= 0.3 is 12.1 Å². The second-order valence-corrected chi connectivity index (χ2v) is 6.23. The van der Waals surface area contributed by atoms with E-state index in [4.69, 9.17) is 9.90 Å². The summed E-state index contributed by atoms with van der Waals surface area (Å²) in [4.78, 5) is 11.4. The molecule has 0 spiro atoms. The lowest BCUT2D eigenvalue weighted by molar-refractivity contribution is -0.192. The number of aromatic nitrogens is 3. The molecule has 2 aromatic heterocycles. The van der Waals surface area contributed by atoms with Crippen LogP contribution in [0.1, 0.15) is 17.3 Å². The predicted octanol–water partition coefficient (Wildman–Crippen LogP) is 2.48. The highest BCUT2D eigenvalue weighted by Gasteiger charge is 2.38. The minimum absolute atomic E-state index is 0.474. The summed E-state index contributed by atoms with van der Waals surface area (Å²) in [5.41, 5.74) is 0.991. The molecule has 10 heteroatoms. The first-order chi connectivity index (χ1) is 10.8. The van der Waals surface area contributed by atoms with Gasteiger partial charge in [0.2, 0.25) is 0 Å². The van der Waals surface area contributed by atoms with Gasteiger partial charge in [-0.25, -0.2) is 9.48 Å². The summed E-state index contributed by atoms with van der Waals surface area (Å²) >= 11 is 1.77. The van der Waals surface area contributed by atoms with E-state index in [-0.39, 0.29) is 0 Å². The van der Waals surface area contributed by atoms with Crippen LogP contribution in [0.25, 0.3) is 10.6 Å². The summed E-state index contributed by atoms with van der Waals surface area (Å²) in [6, 6.07) is 4.71. The molecule has 2 N–H and O–H groups in total. The summed E-state index contributed by atoms with van der Waals surface area (Å²) in [5, 5.41) is 18.9. The molecule has 1 atom stereocenters. The maximum atomic E-state index is 10.6. The van der Waals surface area contributed by atoms with E-state index >= 15 is 0 Å². The Kier molecular flexibility index (Phi) is 5.37. The molecule has 3 heterocycles. The fraction of sp³-hybridized carbons (Fsp3) is 0.462. The Morgan fingerprint density at radius 2 is 2.17 bits per heavy atom. The number of hydrogen-bond donors (Lipinski definition) is 2. The molecular formula is C13H15F3N4O2S. The van der Waals surface area contributed by atoms with Crippen molar-refractivity contribution >= 4 is 17.3 Å². The number of hydrogen-bond acceptors (Lipinski definition) is 5. The number of carboxylic acids is 1. The molecule has 126 valence electrons. The molecular weight excluding hydrogens is 333 g/mol. The van der Waals surface area contributed by atoms with Gasteiger partial charge in [0.25, 0.3) is 0 Å². The molecule has 1 aliphatic rings. The van der Waals surface area contributed by atoms with Crippen LogP contribution in [0.15, 0.2) is 18.3 Å². The summed E-state index contributed by atoms with van der Waals surface area (Å²) in [7, 11) is 0. The molecule has 0 saturated carbocycles. The van der Waals surface area contributed by atoms with Crippen molar-refractivity contribution in [3.63, 3.8) is 0 Å². The quantitative estimate of drug-likeness (QED) is 0.872. The highest BCUT2D eigenvalue weighted by atomic mass is 32.1. The van der Waals surface area contributed by atoms with Gasteiger partial charge in [-0.15, -0.1) is 16.4 Å². The molecule has 1 aliphatic heterocycles. The zero-order valence-corrected chi connectivity index (χ0v) is 13.0. The van der Waals surface area contributed by atoms with Crippen molar-refractivity contribution in [2.75, 3.05) is 13.1 Å². The third-order valence-corrected chi connectivity index (χ3v) is 4.18. The molecule has 6 nitrogen and oxygen atoms in total. The minimum atomic E-state index is -5.08. The molecule has 0 aromatic carbocycles. The van der Waals surface area contributed by atoms with Crippen LogP contribution in [0.2, 0.25) is 0 Å². The van der Waals surface area contributed by atoms with Crippen LogP contribution in [0.4, 0.5) is 13.2 Å². The van der Waals surface area contributed by atoms with Gasteiger partial charge in [0.1, 0.15) is 5.69 Å². The number of carboxylic acid groups (broad SMARTS) is 1. The topological polar surface area (TPSA) is 80.0 Å². The van der Waals surface area contributed by atoms with E-state index in [0.29, 0.717) is 6.04 Å². The van der Waals surface area contributed by atoms with E-state index in [0.717, 1.165) is 25.2 Å². The Bertz CT molecular complexity index is 662. The molecule has 0 aliphatic carbocycles. The first-order valence-electron chi connectivity index (χ1n) is 6.77. The number of alkyl halides is 3. The van der Waals surface area contributed by atoms with E-state index in [9.17, 15) is 13.2 Å². The van der Waals surface area contributed by atoms with Crippen LogP contribution in [0.5, 0.6) is 0 Å². The van der Waals surface area contributed by atoms with E-state index < -0.39 is 12.1 Å². The van der Waals surface area contributed by atoms with Gasteiger partial charge in [-0.3, -0.25) is 0 Å². The monoisotopic (exact) mass is 348 g/mol. The Balaban J connectivity index is 0.000000236. The van der Waals surface area contributed by atoms with Crippen molar-refractivity contribution in [2.24, 2.45) is 0 Å². The third kappa shape index (κ3) is 4.76. The summed E-state index contributed by atoms with van der Waals surface area (Å²) < 4.78 is 33.7. The molecule has 0 amide bonds. The highest BCUT2D eigenvalue weighted by Crippen LogP contribution is 2.26. The summed E-state index contributed by atoms with van der Waals surface area (Å²) in [5.74, 6) is -2.76. The lowest BCUT2D eigenvalue weighted by atomic mass is 10.3. The molecule has 1 unspecified atom stereocenters. The Morgan fingerprint density at radius 3 is 2.65 bits per heavy atom. The third-order valence-electron chi connectivity index (χ3n) is 3.15. The number of aryl methyl sites for hydroxylation is 1. The van der Waals surface area contributed by atoms with Crippen LogP contribution in [-0.4, -0.2) is 45.3 Å². The zero-order chi connectivity index (χ0) is 17.0. The number of nitrogens with zero attached hydrogens (tertiary/aromatic N) is 3. The molecule has 0 radical (unpaired) electrons. The van der Waals surface area contributed by atoms with E-state index in [1.807, 2.05) is 4.68 Å². The molecule has 1 fully saturated rings. The fourth-order valence-corrected chi connectivity index (χ4v) is 2.82. The van der Waals surface area contributed by atoms with Crippen molar-refractivity contribution in [1.82, 2.24) is 20.3 Å². The normalized spacial score (nSPS) is 17.7. The first-order valence-corrected chi connectivity index (χ1v) is 7.58. The lowest BCUT2D eigenvalue weighted by Gasteiger charge is -2.05. The number of aliphatic carboxylic acids is 1. The van der Waals surface area contributed by atoms with Crippen LogP contribution in [0.3, 0.4) is 0 Å². The number of nitrogens with one attached hydrogen (secondary N) is 1. The van der Waals surface area contributed by atoms with Crippen molar-refractivity contribution in [3.8, 4) is 10.6 Å². The lowest BCUT2D eigenvalue weighted by Crippen LogP contribution is -2.21. The minimum Gasteiger partial charge on any atom is -0.475 e. The van der Waals surface area contributed by atoms with Gasteiger partial charge < -0.3 is 10.4 Å². The SMILES string of the molecule is Cc1ccc(-c2cn(C3CCNC3)nn2)s1.O=C(O)C(F)(F)F. The Morgan fingerprint density at radius 1 is 1.48 bits per heavy atom. The van der Waals surface area contributed by atoms with Gasteiger partial charge in [-0.05, 0) is 32.0 Å². The van der Waals surface area contributed by atoms with Gasteiger partial charge in [0.15, 0.2) is 0 Å². The number of halogens is 3. The molecule has 2 aromatic rings. The van der Waals surface area contributed by atoms with Crippen LogP contribution in [0, 0.1) is 6.92 Å². The second-order valence-electron chi connectivity index (χ2n) is 4.94. The van der Waals surface area contributed by atoms with Gasteiger partial charge in [0, 0.05) is 11.4 Å². The Hall–Kier alpha value is -1.94. The van der Waals surface area contributed by atoms with Crippen molar-refractivity contribution in [3.05, 3.63) is 23.2 Å². The largest absolute Gasteiger partial charge is 0.490 e. The van der Waals surface area contributed by atoms with Gasteiger partial charge in [-0.1, -0.05) is 5.21 Å². The van der Waals surface area contributed by atoms with Gasteiger partial charge in [-0.2, -0.15) is 13.2 Å². The van der Waals surface area contributed by atoms with E-state index in [1.165, 1.54) is 9.75 Å². The number of carbonyl (C=O) groups is 1.